The van der Waals surface area contributed by atoms with E-state index in [0.29, 0.717) is 0 Å². The fourth-order valence-corrected chi connectivity index (χ4v) is 3.03. The minimum atomic E-state index is -0.0790. The van der Waals surface area contributed by atoms with E-state index in [0.717, 1.165) is 33.8 Å². The number of benzene rings is 3. The number of imidazole rings is 1. The lowest BCUT2D eigenvalue weighted by atomic mass is 10.1. The molecular formula is C21H19N5. The third-order valence-electron chi connectivity index (χ3n) is 4.28. The van der Waals surface area contributed by atoms with Gasteiger partial charge in [0.05, 0.1) is 11.0 Å². The zero-order chi connectivity index (χ0) is 18.1. The van der Waals surface area contributed by atoms with Gasteiger partial charge >= 0.3 is 0 Å². The normalized spacial score (nSPS) is 10.8. The fourth-order valence-electron chi connectivity index (χ4n) is 3.03. The number of guanidine groups is 1. The van der Waals surface area contributed by atoms with Crippen molar-refractivity contribution in [2.45, 2.75) is 6.92 Å². The highest BCUT2D eigenvalue weighted by Crippen LogP contribution is 2.29. The number of rotatable bonds is 3. The molecule has 0 radical (unpaired) electrons. The molecule has 0 atom stereocenters. The molecule has 0 saturated heterocycles. The molecule has 0 aliphatic carbocycles. The van der Waals surface area contributed by atoms with Crippen LogP contribution < -0.4 is 11.1 Å². The van der Waals surface area contributed by atoms with E-state index in [1.807, 2.05) is 42.5 Å². The number of aromatic nitrogens is 2. The maximum atomic E-state index is 7.34. The van der Waals surface area contributed by atoms with Gasteiger partial charge in [0, 0.05) is 16.9 Å². The van der Waals surface area contributed by atoms with Crippen LogP contribution in [0, 0.1) is 12.3 Å². The second-order valence-electron chi connectivity index (χ2n) is 6.21. The summed E-state index contributed by atoms with van der Waals surface area (Å²) in [6, 6.07) is 24.3. The molecule has 26 heavy (non-hydrogen) atoms. The first-order valence-corrected chi connectivity index (χ1v) is 8.38. The van der Waals surface area contributed by atoms with Crippen molar-refractivity contribution >= 4 is 22.7 Å². The maximum absolute atomic E-state index is 7.34. The molecule has 0 saturated carbocycles. The average Bonchev–Trinajstić information content (AvgIpc) is 3.02. The van der Waals surface area contributed by atoms with E-state index in [-0.39, 0.29) is 5.96 Å². The minimum Gasteiger partial charge on any atom is -0.370 e. The molecule has 1 heterocycles. The highest BCUT2D eigenvalue weighted by Gasteiger charge is 2.14. The third kappa shape index (κ3) is 2.91. The Kier molecular flexibility index (Phi) is 3.89. The van der Waals surface area contributed by atoms with Crippen molar-refractivity contribution in [2.75, 3.05) is 5.32 Å². The van der Waals surface area contributed by atoms with E-state index >= 15 is 0 Å². The fraction of sp³-hybridized carbons (Fsp3) is 0.0476. The second kappa shape index (κ2) is 6.37. The average molecular weight is 341 g/mol. The summed E-state index contributed by atoms with van der Waals surface area (Å²) in [5, 5.41) is 10.1. The van der Waals surface area contributed by atoms with E-state index < -0.39 is 0 Å². The molecule has 0 unspecified atom stereocenters. The van der Waals surface area contributed by atoms with Crippen molar-refractivity contribution in [1.29, 1.82) is 5.41 Å². The van der Waals surface area contributed by atoms with Gasteiger partial charge in [-0.15, -0.1) is 0 Å². The lowest BCUT2D eigenvalue weighted by molar-refractivity contribution is 1.10. The van der Waals surface area contributed by atoms with Crippen LogP contribution in [0.25, 0.3) is 28.1 Å². The van der Waals surface area contributed by atoms with E-state index in [1.165, 1.54) is 5.56 Å². The summed E-state index contributed by atoms with van der Waals surface area (Å²) < 4.78 is 2.17. The SMILES string of the molecule is Cc1ccc(-n2c(-c3ccc(NC(=N)N)cc3)nc3ccccc32)cc1. The largest absolute Gasteiger partial charge is 0.370 e. The number of fused-ring (bicyclic) bond motifs is 1. The lowest BCUT2D eigenvalue weighted by Gasteiger charge is -2.11. The van der Waals surface area contributed by atoms with Crippen LogP contribution in [-0.2, 0) is 0 Å². The molecule has 0 fully saturated rings. The van der Waals surface area contributed by atoms with Gasteiger partial charge in [-0.2, -0.15) is 0 Å². The monoisotopic (exact) mass is 341 g/mol. The van der Waals surface area contributed by atoms with Crippen LogP contribution in [0.2, 0.25) is 0 Å². The molecule has 0 bridgehead atoms. The van der Waals surface area contributed by atoms with Crippen LogP contribution in [0.15, 0.2) is 72.8 Å². The summed E-state index contributed by atoms with van der Waals surface area (Å²) in [4.78, 5) is 4.85. The first-order chi connectivity index (χ1) is 12.6. The Morgan fingerprint density at radius 3 is 2.35 bits per heavy atom. The first kappa shape index (κ1) is 15.9. The van der Waals surface area contributed by atoms with Crippen molar-refractivity contribution in [3.05, 3.63) is 78.4 Å². The standard InChI is InChI=1S/C21H19N5/c1-14-6-12-17(13-7-14)26-19-5-3-2-4-18(19)25-20(26)15-8-10-16(11-9-15)24-21(22)23/h2-13H,1H3,(H4,22,23,24). The lowest BCUT2D eigenvalue weighted by Crippen LogP contribution is -2.20. The molecule has 5 heteroatoms. The maximum Gasteiger partial charge on any atom is 0.190 e. The van der Waals surface area contributed by atoms with Crippen molar-refractivity contribution in [3.63, 3.8) is 0 Å². The Morgan fingerprint density at radius 1 is 0.962 bits per heavy atom. The van der Waals surface area contributed by atoms with Crippen molar-refractivity contribution in [1.82, 2.24) is 9.55 Å². The van der Waals surface area contributed by atoms with Crippen LogP contribution in [0.1, 0.15) is 5.56 Å². The second-order valence-corrected chi connectivity index (χ2v) is 6.21. The number of hydrogen-bond acceptors (Lipinski definition) is 2. The summed E-state index contributed by atoms with van der Waals surface area (Å²) in [6.45, 7) is 2.08. The van der Waals surface area contributed by atoms with E-state index in [2.05, 4.69) is 47.1 Å². The molecule has 0 aliphatic rings. The van der Waals surface area contributed by atoms with Crippen LogP contribution in [0.4, 0.5) is 5.69 Å². The Bertz CT molecular complexity index is 1080. The first-order valence-electron chi connectivity index (χ1n) is 8.38. The number of aryl methyl sites for hydroxylation is 1. The Morgan fingerprint density at radius 2 is 1.65 bits per heavy atom. The van der Waals surface area contributed by atoms with E-state index in [1.54, 1.807) is 0 Å². The van der Waals surface area contributed by atoms with Gasteiger partial charge in [0.25, 0.3) is 0 Å². The van der Waals surface area contributed by atoms with Crippen LogP contribution in [-0.4, -0.2) is 15.5 Å². The zero-order valence-corrected chi connectivity index (χ0v) is 14.4. The van der Waals surface area contributed by atoms with Crippen molar-refractivity contribution < 1.29 is 0 Å². The number of nitrogens with one attached hydrogen (secondary N) is 2. The van der Waals surface area contributed by atoms with E-state index in [9.17, 15) is 0 Å². The molecule has 128 valence electrons. The molecular weight excluding hydrogens is 322 g/mol. The summed E-state index contributed by atoms with van der Waals surface area (Å²) in [5.74, 6) is 0.800. The Balaban J connectivity index is 1.88. The predicted octanol–water partition coefficient (Wildman–Crippen LogP) is 4.31. The Labute approximate surface area is 151 Å². The van der Waals surface area contributed by atoms with Gasteiger partial charge in [0.15, 0.2) is 5.96 Å². The highest BCUT2D eigenvalue weighted by molar-refractivity contribution is 5.90. The van der Waals surface area contributed by atoms with Gasteiger partial charge in [-0.05, 0) is 55.5 Å². The third-order valence-corrected chi connectivity index (χ3v) is 4.28. The zero-order valence-electron chi connectivity index (χ0n) is 14.4. The molecule has 4 N–H and O–H groups in total. The topological polar surface area (TPSA) is 79.7 Å². The number of para-hydroxylation sites is 2. The summed E-state index contributed by atoms with van der Waals surface area (Å²) in [5.41, 5.74) is 11.5. The summed E-state index contributed by atoms with van der Waals surface area (Å²) in [6.07, 6.45) is 0. The molecule has 1 aromatic heterocycles. The predicted molar refractivity (Wildman–Crippen MR) is 107 cm³/mol. The van der Waals surface area contributed by atoms with Crippen LogP contribution in [0.3, 0.4) is 0 Å². The number of nitrogens with two attached hydrogens (primary N) is 1. The van der Waals surface area contributed by atoms with Crippen molar-refractivity contribution in [2.24, 2.45) is 5.73 Å². The molecule has 0 amide bonds. The summed E-state index contributed by atoms with van der Waals surface area (Å²) >= 11 is 0. The Hall–Kier alpha value is -3.60. The van der Waals surface area contributed by atoms with Gasteiger partial charge in [0.1, 0.15) is 5.82 Å². The number of nitrogens with zero attached hydrogens (tertiary/aromatic N) is 2. The number of hydrogen-bond donors (Lipinski definition) is 3. The van der Waals surface area contributed by atoms with Gasteiger partial charge in [-0.25, -0.2) is 4.98 Å². The molecule has 4 aromatic rings. The molecule has 0 aliphatic heterocycles. The van der Waals surface area contributed by atoms with Crippen LogP contribution in [0.5, 0.6) is 0 Å². The summed E-state index contributed by atoms with van der Waals surface area (Å²) in [7, 11) is 0. The quantitative estimate of drug-likeness (QED) is 0.384. The molecule has 4 rings (SSSR count). The van der Waals surface area contributed by atoms with Gasteiger partial charge in [-0.3, -0.25) is 9.98 Å². The van der Waals surface area contributed by atoms with Gasteiger partial charge in [0.2, 0.25) is 0 Å². The molecule has 3 aromatic carbocycles. The van der Waals surface area contributed by atoms with Gasteiger partial charge < -0.3 is 11.1 Å². The van der Waals surface area contributed by atoms with Gasteiger partial charge in [-0.1, -0.05) is 29.8 Å². The number of anilines is 1. The smallest absolute Gasteiger partial charge is 0.190 e. The van der Waals surface area contributed by atoms with Crippen molar-refractivity contribution in [3.8, 4) is 17.1 Å². The molecule has 5 nitrogen and oxygen atoms in total. The van der Waals surface area contributed by atoms with E-state index in [4.69, 9.17) is 16.1 Å². The highest BCUT2D eigenvalue weighted by atomic mass is 15.1. The van der Waals surface area contributed by atoms with Crippen LogP contribution >= 0.6 is 0 Å². The molecule has 0 spiro atoms. The minimum absolute atomic E-state index is 0.0790.